The van der Waals surface area contributed by atoms with Gasteiger partial charge in [-0.2, -0.15) is 0 Å². The average molecular weight is 229 g/mol. The Kier molecular flexibility index (Phi) is 4.91. The minimum atomic E-state index is -1.25. The van der Waals surface area contributed by atoms with Gasteiger partial charge in [0.05, 0.1) is 6.61 Å². The quantitative estimate of drug-likeness (QED) is 0.400. The van der Waals surface area contributed by atoms with Crippen LogP contribution >= 0.6 is 0 Å². The summed E-state index contributed by atoms with van der Waals surface area (Å²) >= 11 is 0. The Morgan fingerprint density at radius 2 is 2.00 bits per heavy atom. The zero-order valence-corrected chi connectivity index (χ0v) is 9.15. The highest BCUT2D eigenvalue weighted by Gasteiger charge is 2.27. The molecular formula is C10H15NO5. The first-order chi connectivity index (χ1) is 7.65. The maximum absolute atomic E-state index is 11.4. The zero-order chi connectivity index (χ0) is 12.0. The van der Waals surface area contributed by atoms with E-state index in [9.17, 15) is 14.4 Å². The van der Waals surface area contributed by atoms with Crippen molar-refractivity contribution in [2.24, 2.45) is 0 Å². The number of carbonyl (C=O) groups is 3. The fourth-order valence-corrected chi connectivity index (χ4v) is 1.45. The van der Waals surface area contributed by atoms with Crippen molar-refractivity contribution in [3.63, 3.8) is 0 Å². The monoisotopic (exact) mass is 229 g/mol. The molecule has 6 nitrogen and oxygen atoms in total. The van der Waals surface area contributed by atoms with Gasteiger partial charge < -0.3 is 14.8 Å². The second-order valence-corrected chi connectivity index (χ2v) is 3.43. The number of nitrogens with one attached hydrogen (secondary N) is 1. The van der Waals surface area contributed by atoms with Crippen molar-refractivity contribution in [2.45, 2.75) is 32.2 Å². The summed E-state index contributed by atoms with van der Waals surface area (Å²) in [4.78, 5) is 33.3. The molecule has 0 aromatic carbocycles. The lowest BCUT2D eigenvalue weighted by atomic mass is 10.1. The molecule has 6 heteroatoms. The summed E-state index contributed by atoms with van der Waals surface area (Å²) in [5.74, 6) is -3.09. The highest BCUT2D eigenvalue weighted by atomic mass is 16.6. The molecule has 0 aromatic rings. The Morgan fingerprint density at radius 1 is 1.25 bits per heavy atom. The molecule has 0 aromatic heterocycles. The summed E-state index contributed by atoms with van der Waals surface area (Å²) in [6, 6.07) is -0.493. The SMILES string of the molecule is CCOC(=O)C(=O)OC(=O)C1CCCCN1. The van der Waals surface area contributed by atoms with Gasteiger partial charge in [-0.3, -0.25) is 0 Å². The van der Waals surface area contributed by atoms with Crippen LogP contribution in [0, 0.1) is 0 Å². The lowest BCUT2D eigenvalue weighted by molar-refractivity contribution is -0.174. The van der Waals surface area contributed by atoms with Gasteiger partial charge in [0.2, 0.25) is 0 Å². The topological polar surface area (TPSA) is 81.7 Å². The van der Waals surface area contributed by atoms with Crippen LogP contribution in [0.5, 0.6) is 0 Å². The number of piperidine rings is 1. The third-order valence-electron chi connectivity index (χ3n) is 2.23. The maximum atomic E-state index is 11.4. The van der Waals surface area contributed by atoms with Crippen molar-refractivity contribution in [3.8, 4) is 0 Å². The summed E-state index contributed by atoms with van der Waals surface area (Å²) in [6.07, 6.45) is 2.52. The minimum Gasteiger partial charge on any atom is -0.458 e. The second-order valence-electron chi connectivity index (χ2n) is 3.43. The van der Waals surface area contributed by atoms with Crippen molar-refractivity contribution >= 4 is 17.9 Å². The Bertz CT molecular complexity index is 283. The van der Waals surface area contributed by atoms with Gasteiger partial charge in [0.1, 0.15) is 6.04 Å². The van der Waals surface area contributed by atoms with Crippen molar-refractivity contribution < 1.29 is 23.9 Å². The fraction of sp³-hybridized carbons (Fsp3) is 0.700. The Hall–Kier alpha value is -1.43. The summed E-state index contributed by atoms with van der Waals surface area (Å²) in [6.45, 7) is 2.35. The van der Waals surface area contributed by atoms with E-state index < -0.39 is 23.9 Å². The molecule has 16 heavy (non-hydrogen) atoms. The Balaban J connectivity index is 2.37. The predicted octanol–water partition coefficient (Wildman–Crippen LogP) is -0.239. The normalized spacial score (nSPS) is 19.9. The first kappa shape index (κ1) is 12.6. The van der Waals surface area contributed by atoms with E-state index in [0.717, 1.165) is 12.8 Å². The fourth-order valence-electron chi connectivity index (χ4n) is 1.45. The average Bonchev–Trinajstić information content (AvgIpc) is 2.30. The van der Waals surface area contributed by atoms with Crippen molar-refractivity contribution in [3.05, 3.63) is 0 Å². The van der Waals surface area contributed by atoms with E-state index in [1.807, 2.05) is 0 Å². The lowest BCUT2D eigenvalue weighted by Crippen LogP contribution is -2.43. The lowest BCUT2D eigenvalue weighted by Gasteiger charge is -2.20. The van der Waals surface area contributed by atoms with Gasteiger partial charge in [-0.05, 0) is 26.3 Å². The largest absolute Gasteiger partial charge is 0.458 e. The number of ether oxygens (including phenoxy) is 2. The van der Waals surface area contributed by atoms with Gasteiger partial charge in [-0.1, -0.05) is 6.42 Å². The molecule has 0 spiro atoms. The van der Waals surface area contributed by atoms with Crippen LogP contribution in [0.1, 0.15) is 26.2 Å². The summed E-state index contributed by atoms with van der Waals surface area (Å²) < 4.78 is 8.80. The number of esters is 3. The van der Waals surface area contributed by atoms with E-state index in [4.69, 9.17) is 0 Å². The van der Waals surface area contributed by atoms with Gasteiger partial charge in [0, 0.05) is 0 Å². The summed E-state index contributed by atoms with van der Waals surface area (Å²) in [5.41, 5.74) is 0. The molecule has 1 saturated heterocycles. The predicted molar refractivity (Wildman–Crippen MR) is 53.4 cm³/mol. The molecule has 1 fully saturated rings. The van der Waals surface area contributed by atoms with E-state index in [0.29, 0.717) is 13.0 Å². The number of carbonyl (C=O) groups excluding carboxylic acids is 3. The van der Waals surface area contributed by atoms with Gasteiger partial charge >= 0.3 is 17.9 Å². The highest BCUT2D eigenvalue weighted by Crippen LogP contribution is 2.08. The van der Waals surface area contributed by atoms with Crippen LogP contribution in [0.25, 0.3) is 0 Å². The van der Waals surface area contributed by atoms with Crippen molar-refractivity contribution in [1.82, 2.24) is 5.32 Å². The summed E-state index contributed by atoms with van der Waals surface area (Å²) in [7, 11) is 0. The molecule has 1 N–H and O–H groups in total. The van der Waals surface area contributed by atoms with E-state index >= 15 is 0 Å². The van der Waals surface area contributed by atoms with Crippen LogP contribution in [-0.4, -0.2) is 37.1 Å². The molecule has 1 atom stereocenters. The van der Waals surface area contributed by atoms with Crippen LogP contribution in [0.3, 0.4) is 0 Å². The van der Waals surface area contributed by atoms with Gasteiger partial charge in [-0.25, -0.2) is 14.4 Å². The van der Waals surface area contributed by atoms with E-state index in [1.165, 1.54) is 0 Å². The van der Waals surface area contributed by atoms with Gasteiger partial charge in [-0.15, -0.1) is 0 Å². The Labute approximate surface area is 93.3 Å². The van der Waals surface area contributed by atoms with Crippen molar-refractivity contribution in [1.29, 1.82) is 0 Å². The van der Waals surface area contributed by atoms with E-state index in [1.54, 1.807) is 6.92 Å². The molecule has 1 heterocycles. The number of rotatable bonds is 2. The zero-order valence-electron chi connectivity index (χ0n) is 9.15. The maximum Gasteiger partial charge on any atom is 0.425 e. The third-order valence-corrected chi connectivity index (χ3v) is 2.23. The van der Waals surface area contributed by atoms with E-state index in [2.05, 4.69) is 14.8 Å². The molecule has 1 aliphatic heterocycles. The number of hydrogen-bond acceptors (Lipinski definition) is 6. The smallest absolute Gasteiger partial charge is 0.425 e. The second kappa shape index (κ2) is 6.22. The van der Waals surface area contributed by atoms with Crippen molar-refractivity contribution in [2.75, 3.05) is 13.2 Å². The number of hydrogen-bond donors (Lipinski definition) is 1. The molecule has 0 saturated carbocycles. The van der Waals surface area contributed by atoms with Crippen LogP contribution in [0.15, 0.2) is 0 Å². The standard InChI is InChI=1S/C10H15NO5/c1-2-15-9(13)10(14)16-8(12)7-5-3-4-6-11-7/h7,11H,2-6H2,1H3. The third kappa shape index (κ3) is 3.62. The molecular weight excluding hydrogens is 214 g/mol. The van der Waals surface area contributed by atoms with Gasteiger partial charge in [0.25, 0.3) is 0 Å². The first-order valence-corrected chi connectivity index (χ1v) is 5.31. The summed E-state index contributed by atoms with van der Waals surface area (Å²) in [5, 5.41) is 2.92. The molecule has 1 aliphatic rings. The van der Waals surface area contributed by atoms with Crippen LogP contribution < -0.4 is 5.32 Å². The molecule has 90 valence electrons. The molecule has 0 aliphatic carbocycles. The molecule has 0 amide bonds. The molecule has 1 unspecified atom stereocenters. The first-order valence-electron chi connectivity index (χ1n) is 5.31. The van der Waals surface area contributed by atoms with Gasteiger partial charge in [0.15, 0.2) is 0 Å². The van der Waals surface area contributed by atoms with E-state index in [-0.39, 0.29) is 6.61 Å². The Morgan fingerprint density at radius 3 is 2.56 bits per heavy atom. The van der Waals surface area contributed by atoms with Crippen LogP contribution in [-0.2, 0) is 23.9 Å². The van der Waals surface area contributed by atoms with Crippen LogP contribution in [0.2, 0.25) is 0 Å². The highest BCUT2D eigenvalue weighted by molar-refractivity contribution is 6.31. The molecule has 0 bridgehead atoms. The molecule has 1 rings (SSSR count). The minimum absolute atomic E-state index is 0.0732. The molecule has 0 radical (unpaired) electrons. The van der Waals surface area contributed by atoms with Crippen LogP contribution in [0.4, 0.5) is 0 Å².